The smallest absolute Gasteiger partial charge is 0.119 e. The highest BCUT2D eigenvalue weighted by Gasteiger charge is 1.97. The molecule has 2 aromatic carbocycles. The van der Waals surface area contributed by atoms with Crippen LogP contribution in [0.4, 0.5) is 0 Å². The molecule has 0 heterocycles. The van der Waals surface area contributed by atoms with Crippen LogP contribution in [0, 0.1) is 0 Å². The maximum absolute atomic E-state index is 5.67. The summed E-state index contributed by atoms with van der Waals surface area (Å²) in [5.41, 5.74) is 1.23. The summed E-state index contributed by atoms with van der Waals surface area (Å²) in [7, 11) is 0. The molecule has 0 aromatic heterocycles. The van der Waals surface area contributed by atoms with Crippen molar-refractivity contribution in [2.24, 2.45) is 0 Å². The van der Waals surface area contributed by atoms with Gasteiger partial charge in [-0.05, 0) is 36.8 Å². The Morgan fingerprint density at radius 2 is 1.61 bits per heavy atom. The third-order valence-corrected chi connectivity index (χ3v) is 2.61. The zero-order valence-corrected chi connectivity index (χ0v) is 10.6. The summed E-state index contributed by atoms with van der Waals surface area (Å²) in [4.78, 5) is 0. The van der Waals surface area contributed by atoms with Crippen LogP contribution in [0.3, 0.4) is 0 Å². The lowest BCUT2D eigenvalue weighted by atomic mass is 10.1. The number of ether oxygens (including phenoxy) is 2. The summed E-state index contributed by atoms with van der Waals surface area (Å²) < 4.78 is 11.1. The van der Waals surface area contributed by atoms with Gasteiger partial charge in [0.2, 0.25) is 0 Å². The lowest BCUT2D eigenvalue weighted by Crippen LogP contribution is -2.01. The van der Waals surface area contributed by atoms with Crippen molar-refractivity contribution in [3.63, 3.8) is 0 Å². The quantitative estimate of drug-likeness (QED) is 0.768. The van der Waals surface area contributed by atoms with E-state index in [2.05, 4.69) is 12.1 Å². The molecule has 0 saturated heterocycles. The summed E-state index contributed by atoms with van der Waals surface area (Å²) in [6.07, 6.45) is 0.885. The highest BCUT2D eigenvalue weighted by molar-refractivity contribution is 5.28. The fraction of sp³-hybridized carbons (Fsp3) is 0.250. The molecule has 0 unspecified atom stereocenters. The molecule has 0 spiro atoms. The van der Waals surface area contributed by atoms with E-state index < -0.39 is 0 Å². The first-order valence-corrected chi connectivity index (χ1v) is 6.28. The number of hydrogen-bond acceptors (Lipinski definition) is 2. The fourth-order valence-electron chi connectivity index (χ4n) is 1.76. The first-order valence-electron chi connectivity index (χ1n) is 6.28. The molecule has 18 heavy (non-hydrogen) atoms. The minimum atomic E-state index is 0.680. The van der Waals surface area contributed by atoms with Crippen molar-refractivity contribution < 1.29 is 9.47 Å². The van der Waals surface area contributed by atoms with Gasteiger partial charge in [0, 0.05) is 6.42 Å². The SMILES string of the molecule is CCOc1cccc(CCOc2ccccc2)c1. The molecule has 0 amide bonds. The summed E-state index contributed by atoms with van der Waals surface area (Å²) >= 11 is 0. The van der Waals surface area contributed by atoms with Gasteiger partial charge in [0.15, 0.2) is 0 Å². The Labute approximate surface area is 108 Å². The van der Waals surface area contributed by atoms with E-state index in [0.29, 0.717) is 13.2 Å². The van der Waals surface area contributed by atoms with E-state index in [1.54, 1.807) is 0 Å². The predicted octanol–water partition coefficient (Wildman–Crippen LogP) is 3.71. The number of para-hydroxylation sites is 1. The van der Waals surface area contributed by atoms with Crippen molar-refractivity contribution in [3.05, 3.63) is 60.2 Å². The first-order chi connectivity index (χ1) is 8.88. The predicted molar refractivity (Wildman–Crippen MR) is 73.3 cm³/mol. The van der Waals surface area contributed by atoms with Gasteiger partial charge in [0.25, 0.3) is 0 Å². The van der Waals surface area contributed by atoms with Crippen LogP contribution in [0.15, 0.2) is 54.6 Å². The Morgan fingerprint density at radius 1 is 0.833 bits per heavy atom. The molecule has 94 valence electrons. The van der Waals surface area contributed by atoms with E-state index in [1.807, 2.05) is 49.4 Å². The Hall–Kier alpha value is -1.96. The molecule has 0 atom stereocenters. The van der Waals surface area contributed by atoms with Gasteiger partial charge >= 0.3 is 0 Å². The Bertz CT molecular complexity index is 466. The van der Waals surface area contributed by atoms with E-state index in [-0.39, 0.29) is 0 Å². The van der Waals surface area contributed by atoms with Gasteiger partial charge in [-0.25, -0.2) is 0 Å². The lowest BCUT2D eigenvalue weighted by molar-refractivity contribution is 0.320. The maximum Gasteiger partial charge on any atom is 0.119 e. The Morgan fingerprint density at radius 3 is 2.39 bits per heavy atom. The Balaban J connectivity index is 1.84. The van der Waals surface area contributed by atoms with E-state index in [1.165, 1.54) is 5.56 Å². The molecule has 0 aliphatic heterocycles. The minimum Gasteiger partial charge on any atom is -0.494 e. The monoisotopic (exact) mass is 242 g/mol. The van der Waals surface area contributed by atoms with Gasteiger partial charge in [0.05, 0.1) is 13.2 Å². The van der Waals surface area contributed by atoms with Crippen LogP contribution >= 0.6 is 0 Å². The fourth-order valence-corrected chi connectivity index (χ4v) is 1.76. The molecule has 0 bridgehead atoms. The molecule has 0 aliphatic rings. The van der Waals surface area contributed by atoms with Crippen LogP contribution < -0.4 is 9.47 Å². The first kappa shape index (κ1) is 12.5. The van der Waals surface area contributed by atoms with Crippen LogP contribution in [-0.2, 0) is 6.42 Å². The average Bonchev–Trinajstić information content (AvgIpc) is 2.41. The van der Waals surface area contributed by atoms with E-state index in [4.69, 9.17) is 9.47 Å². The average molecular weight is 242 g/mol. The van der Waals surface area contributed by atoms with Gasteiger partial charge in [-0.15, -0.1) is 0 Å². The second-order valence-electron chi connectivity index (χ2n) is 3.99. The molecule has 2 heteroatoms. The minimum absolute atomic E-state index is 0.680. The number of benzene rings is 2. The molecular weight excluding hydrogens is 224 g/mol. The lowest BCUT2D eigenvalue weighted by Gasteiger charge is -2.07. The van der Waals surface area contributed by atoms with Gasteiger partial charge in [-0.3, -0.25) is 0 Å². The molecule has 2 aromatic rings. The molecular formula is C16H18O2. The molecule has 0 fully saturated rings. The van der Waals surface area contributed by atoms with E-state index in [0.717, 1.165) is 17.9 Å². The van der Waals surface area contributed by atoms with Crippen LogP contribution in [0.1, 0.15) is 12.5 Å². The van der Waals surface area contributed by atoms with Crippen LogP contribution in [0.2, 0.25) is 0 Å². The molecule has 2 nitrogen and oxygen atoms in total. The summed E-state index contributed by atoms with van der Waals surface area (Å²) in [6.45, 7) is 3.37. The second-order valence-corrected chi connectivity index (χ2v) is 3.99. The Kier molecular flexibility index (Phi) is 4.65. The van der Waals surface area contributed by atoms with Gasteiger partial charge in [0.1, 0.15) is 11.5 Å². The van der Waals surface area contributed by atoms with Crippen molar-refractivity contribution in [2.45, 2.75) is 13.3 Å². The van der Waals surface area contributed by atoms with Crippen molar-refractivity contribution in [2.75, 3.05) is 13.2 Å². The van der Waals surface area contributed by atoms with Crippen LogP contribution in [0.25, 0.3) is 0 Å². The topological polar surface area (TPSA) is 18.5 Å². The zero-order chi connectivity index (χ0) is 12.6. The van der Waals surface area contributed by atoms with Gasteiger partial charge < -0.3 is 9.47 Å². The third-order valence-electron chi connectivity index (χ3n) is 2.61. The number of hydrogen-bond donors (Lipinski definition) is 0. The van der Waals surface area contributed by atoms with Gasteiger partial charge in [-0.1, -0.05) is 30.3 Å². The van der Waals surface area contributed by atoms with E-state index in [9.17, 15) is 0 Å². The molecule has 0 saturated carbocycles. The van der Waals surface area contributed by atoms with Crippen LogP contribution in [-0.4, -0.2) is 13.2 Å². The van der Waals surface area contributed by atoms with Crippen molar-refractivity contribution >= 4 is 0 Å². The van der Waals surface area contributed by atoms with Gasteiger partial charge in [-0.2, -0.15) is 0 Å². The number of rotatable bonds is 6. The standard InChI is InChI=1S/C16H18O2/c1-2-17-16-10-6-7-14(13-16)11-12-18-15-8-4-3-5-9-15/h3-10,13H,2,11-12H2,1H3. The maximum atomic E-state index is 5.67. The summed E-state index contributed by atoms with van der Waals surface area (Å²) in [5.74, 6) is 1.84. The molecule has 0 aliphatic carbocycles. The third kappa shape index (κ3) is 3.81. The van der Waals surface area contributed by atoms with Crippen LogP contribution in [0.5, 0.6) is 11.5 Å². The van der Waals surface area contributed by atoms with Crippen molar-refractivity contribution in [3.8, 4) is 11.5 Å². The highest BCUT2D eigenvalue weighted by Crippen LogP contribution is 2.14. The normalized spacial score (nSPS) is 10.1. The largest absolute Gasteiger partial charge is 0.494 e. The summed E-state index contributed by atoms with van der Waals surface area (Å²) in [6, 6.07) is 18.0. The van der Waals surface area contributed by atoms with Crippen molar-refractivity contribution in [1.82, 2.24) is 0 Å². The highest BCUT2D eigenvalue weighted by atomic mass is 16.5. The molecule has 0 N–H and O–H groups in total. The molecule has 2 rings (SSSR count). The molecule has 0 radical (unpaired) electrons. The van der Waals surface area contributed by atoms with E-state index >= 15 is 0 Å². The zero-order valence-electron chi connectivity index (χ0n) is 10.6. The summed E-state index contributed by atoms with van der Waals surface area (Å²) in [5, 5.41) is 0. The second kappa shape index (κ2) is 6.70. The van der Waals surface area contributed by atoms with Crippen molar-refractivity contribution in [1.29, 1.82) is 0 Å².